The molecular formula is C22H27N3O2. The summed E-state index contributed by atoms with van der Waals surface area (Å²) in [7, 11) is 0. The van der Waals surface area contributed by atoms with Gasteiger partial charge in [0.05, 0.1) is 0 Å². The molecule has 0 fully saturated rings. The van der Waals surface area contributed by atoms with Crippen LogP contribution < -0.4 is 10.1 Å². The number of ether oxygens (including phenoxy) is 1. The Labute approximate surface area is 160 Å². The maximum Gasteiger partial charge on any atom is 0.251 e. The van der Waals surface area contributed by atoms with Gasteiger partial charge in [0, 0.05) is 29.9 Å². The molecule has 0 atom stereocenters. The number of amides is 1. The van der Waals surface area contributed by atoms with Gasteiger partial charge in [-0.1, -0.05) is 12.6 Å². The summed E-state index contributed by atoms with van der Waals surface area (Å²) in [5.74, 6) is 1.36. The second-order valence-electron chi connectivity index (χ2n) is 7.14. The van der Waals surface area contributed by atoms with Crippen LogP contribution in [0, 0.1) is 6.92 Å². The van der Waals surface area contributed by atoms with Crippen molar-refractivity contribution in [3.05, 3.63) is 64.8 Å². The summed E-state index contributed by atoms with van der Waals surface area (Å²) < 4.78 is 5.60. The molecule has 5 nitrogen and oxygen atoms in total. The summed E-state index contributed by atoms with van der Waals surface area (Å²) in [6.07, 6.45) is 5.17. The lowest BCUT2D eigenvalue weighted by molar-refractivity contribution is 0.0953. The molecule has 142 valence electrons. The molecule has 0 spiro atoms. The highest BCUT2D eigenvalue weighted by atomic mass is 16.5. The monoisotopic (exact) mass is 365 g/mol. The molecule has 0 saturated heterocycles. The Hall–Kier alpha value is -2.69. The van der Waals surface area contributed by atoms with E-state index in [1.54, 1.807) is 12.1 Å². The predicted octanol–water partition coefficient (Wildman–Crippen LogP) is 3.59. The van der Waals surface area contributed by atoms with E-state index in [0.29, 0.717) is 30.9 Å². The van der Waals surface area contributed by atoms with Crippen LogP contribution >= 0.6 is 0 Å². The molecule has 0 radical (unpaired) electrons. The SMILES string of the molecule is C=C(C)COc1cccc(C(=O)NCCc2nc(C)c3c(n2)CCCC3)c1. The van der Waals surface area contributed by atoms with E-state index in [4.69, 9.17) is 9.72 Å². The fourth-order valence-electron chi connectivity index (χ4n) is 3.28. The zero-order chi connectivity index (χ0) is 19.2. The van der Waals surface area contributed by atoms with Crippen molar-refractivity contribution in [2.24, 2.45) is 0 Å². The highest BCUT2D eigenvalue weighted by Gasteiger charge is 2.15. The van der Waals surface area contributed by atoms with Crippen molar-refractivity contribution in [1.29, 1.82) is 0 Å². The van der Waals surface area contributed by atoms with Crippen LogP contribution in [0.5, 0.6) is 5.75 Å². The Bertz CT molecular complexity index is 845. The van der Waals surface area contributed by atoms with Gasteiger partial charge in [0.25, 0.3) is 5.91 Å². The molecular weight excluding hydrogens is 338 g/mol. The summed E-state index contributed by atoms with van der Waals surface area (Å²) in [5, 5.41) is 2.95. The average Bonchev–Trinajstić information content (AvgIpc) is 2.66. The number of fused-ring (bicyclic) bond motifs is 1. The molecule has 1 heterocycles. The van der Waals surface area contributed by atoms with Crippen LogP contribution in [0.4, 0.5) is 0 Å². The van der Waals surface area contributed by atoms with Gasteiger partial charge >= 0.3 is 0 Å². The number of carbonyl (C=O) groups excluding carboxylic acids is 1. The first-order chi connectivity index (χ1) is 13.0. The Morgan fingerprint density at radius 2 is 2.07 bits per heavy atom. The number of nitrogens with one attached hydrogen (secondary N) is 1. The van der Waals surface area contributed by atoms with E-state index in [-0.39, 0.29) is 5.91 Å². The van der Waals surface area contributed by atoms with Crippen LogP contribution in [0.15, 0.2) is 36.4 Å². The molecule has 3 rings (SSSR count). The minimum atomic E-state index is -0.120. The number of hydrogen-bond donors (Lipinski definition) is 1. The third kappa shape index (κ3) is 5.16. The van der Waals surface area contributed by atoms with Crippen molar-refractivity contribution in [3.8, 4) is 5.75 Å². The largest absolute Gasteiger partial charge is 0.489 e. The Kier molecular flexibility index (Phi) is 6.22. The summed E-state index contributed by atoms with van der Waals surface area (Å²) in [6.45, 7) is 8.73. The van der Waals surface area contributed by atoms with Gasteiger partial charge in [-0.15, -0.1) is 0 Å². The quantitative estimate of drug-likeness (QED) is 0.762. The van der Waals surface area contributed by atoms with Crippen LogP contribution in [0.2, 0.25) is 0 Å². The summed E-state index contributed by atoms with van der Waals surface area (Å²) in [4.78, 5) is 21.7. The van der Waals surface area contributed by atoms with Crippen molar-refractivity contribution >= 4 is 5.91 Å². The van der Waals surface area contributed by atoms with E-state index < -0.39 is 0 Å². The van der Waals surface area contributed by atoms with Crippen molar-refractivity contribution < 1.29 is 9.53 Å². The molecule has 1 amide bonds. The van der Waals surface area contributed by atoms with Gasteiger partial charge in [-0.3, -0.25) is 4.79 Å². The average molecular weight is 365 g/mol. The standard InChI is InChI=1S/C22H27N3O2/c1-15(2)14-27-18-8-6-7-17(13-18)22(26)23-12-11-21-24-16(3)19-9-4-5-10-20(19)25-21/h6-8,13H,1,4-5,9-12,14H2,2-3H3,(H,23,26). The fraction of sp³-hybridized carbons (Fsp3) is 0.409. The van der Waals surface area contributed by atoms with Gasteiger partial charge in [0.1, 0.15) is 18.2 Å². The molecule has 27 heavy (non-hydrogen) atoms. The minimum absolute atomic E-state index is 0.120. The first-order valence-electron chi connectivity index (χ1n) is 9.53. The Morgan fingerprint density at radius 1 is 1.26 bits per heavy atom. The highest BCUT2D eigenvalue weighted by molar-refractivity contribution is 5.94. The minimum Gasteiger partial charge on any atom is -0.489 e. The first kappa shape index (κ1) is 19.1. The van der Waals surface area contributed by atoms with Crippen molar-refractivity contribution in [2.75, 3.05) is 13.2 Å². The molecule has 5 heteroatoms. The molecule has 0 aliphatic heterocycles. The Morgan fingerprint density at radius 3 is 2.89 bits per heavy atom. The lowest BCUT2D eigenvalue weighted by atomic mass is 9.95. The van der Waals surface area contributed by atoms with Crippen LogP contribution in [-0.2, 0) is 19.3 Å². The van der Waals surface area contributed by atoms with Gasteiger partial charge in [-0.05, 0) is 68.9 Å². The zero-order valence-corrected chi connectivity index (χ0v) is 16.2. The molecule has 1 aromatic carbocycles. The molecule has 0 bridgehead atoms. The van der Waals surface area contributed by atoms with E-state index in [2.05, 4.69) is 23.8 Å². The second-order valence-corrected chi connectivity index (χ2v) is 7.14. The van der Waals surface area contributed by atoms with E-state index in [1.165, 1.54) is 24.1 Å². The molecule has 1 aromatic heterocycles. The lowest BCUT2D eigenvalue weighted by Gasteiger charge is -2.17. The number of hydrogen-bond acceptors (Lipinski definition) is 4. The fourth-order valence-corrected chi connectivity index (χ4v) is 3.28. The number of nitrogens with zero attached hydrogens (tertiary/aromatic N) is 2. The second kappa shape index (κ2) is 8.80. The highest BCUT2D eigenvalue weighted by Crippen LogP contribution is 2.21. The van der Waals surface area contributed by atoms with E-state index in [1.807, 2.05) is 19.1 Å². The smallest absolute Gasteiger partial charge is 0.251 e. The molecule has 0 unspecified atom stereocenters. The maximum absolute atomic E-state index is 12.4. The third-order valence-electron chi connectivity index (χ3n) is 4.65. The number of rotatable bonds is 7. The summed E-state index contributed by atoms with van der Waals surface area (Å²) in [5.41, 5.74) is 5.11. The topological polar surface area (TPSA) is 64.1 Å². The molecule has 1 N–H and O–H groups in total. The van der Waals surface area contributed by atoms with Crippen molar-refractivity contribution in [2.45, 2.75) is 46.0 Å². The zero-order valence-electron chi connectivity index (χ0n) is 16.2. The number of benzene rings is 1. The number of aromatic nitrogens is 2. The van der Waals surface area contributed by atoms with Gasteiger partial charge in [-0.25, -0.2) is 9.97 Å². The lowest BCUT2D eigenvalue weighted by Crippen LogP contribution is -2.26. The Balaban J connectivity index is 1.56. The summed E-state index contributed by atoms with van der Waals surface area (Å²) in [6, 6.07) is 7.18. The van der Waals surface area contributed by atoms with Crippen LogP contribution in [0.25, 0.3) is 0 Å². The van der Waals surface area contributed by atoms with Crippen molar-refractivity contribution in [1.82, 2.24) is 15.3 Å². The third-order valence-corrected chi connectivity index (χ3v) is 4.65. The van der Waals surface area contributed by atoms with Crippen LogP contribution in [0.1, 0.15) is 52.9 Å². The molecule has 1 aliphatic rings. The van der Waals surface area contributed by atoms with Gasteiger partial charge < -0.3 is 10.1 Å². The van der Waals surface area contributed by atoms with Gasteiger partial charge in [0.15, 0.2) is 0 Å². The molecule has 2 aromatic rings. The van der Waals surface area contributed by atoms with Crippen molar-refractivity contribution in [3.63, 3.8) is 0 Å². The van der Waals surface area contributed by atoms with Gasteiger partial charge in [-0.2, -0.15) is 0 Å². The first-order valence-corrected chi connectivity index (χ1v) is 9.53. The van der Waals surface area contributed by atoms with E-state index >= 15 is 0 Å². The molecule has 1 aliphatic carbocycles. The normalized spacial score (nSPS) is 13.0. The van der Waals surface area contributed by atoms with E-state index in [0.717, 1.165) is 29.9 Å². The predicted molar refractivity (Wildman–Crippen MR) is 106 cm³/mol. The molecule has 0 saturated carbocycles. The van der Waals surface area contributed by atoms with Crippen LogP contribution in [0.3, 0.4) is 0 Å². The number of aryl methyl sites for hydroxylation is 2. The van der Waals surface area contributed by atoms with Gasteiger partial charge in [0.2, 0.25) is 0 Å². The van der Waals surface area contributed by atoms with E-state index in [9.17, 15) is 4.79 Å². The maximum atomic E-state index is 12.4. The van der Waals surface area contributed by atoms with Crippen LogP contribution in [-0.4, -0.2) is 29.0 Å². The number of carbonyl (C=O) groups is 1. The summed E-state index contributed by atoms with van der Waals surface area (Å²) >= 11 is 0.